The lowest BCUT2D eigenvalue weighted by atomic mass is 9.62. The van der Waals surface area contributed by atoms with Crippen molar-refractivity contribution in [1.82, 2.24) is 0 Å². The topological polar surface area (TPSA) is 94.8 Å². The molecule has 0 amide bonds. The number of nitrogens with two attached hydrogens (primary N) is 1. The molecular weight excluding hydrogens is 312 g/mol. The van der Waals surface area contributed by atoms with E-state index in [9.17, 15) is 10.4 Å². The van der Waals surface area contributed by atoms with Crippen molar-refractivity contribution in [2.45, 2.75) is 57.7 Å². The molecule has 0 radical (unpaired) electrons. The van der Waals surface area contributed by atoms with E-state index in [0.717, 1.165) is 43.4 Å². The van der Waals surface area contributed by atoms with Crippen molar-refractivity contribution < 1.29 is 5.11 Å². The first kappa shape index (κ1) is 16.3. The molecule has 1 saturated carbocycles. The van der Waals surface area contributed by atoms with Crippen LogP contribution in [0.4, 0.5) is 0 Å². The van der Waals surface area contributed by atoms with Crippen molar-refractivity contribution in [1.29, 1.82) is 5.26 Å². The van der Waals surface area contributed by atoms with Crippen LogP contribution in [0.5, 0.6) is 0 Å². The maximum Gasteiger partial charge on any atom is 0.184 e. The molecule has 5 heteroatoms. The smallest absolute Gasteiger partial charge is 0.184 e. The van der Waals surface area contributed by atoms with E-state index >= 15 is 0 Å². The Labute approximate surface area is 148 Å². The fourth-order valence-electron chi connectivity index (χ4n) is 5.13. The van der Waals surface area contributed by atoms with Gasteiger partial charge in [-0.05, 0) is 56.2 Å². The zero-order valence-electron chi connectivity index (χ0n) is 14.8. The van der Waals surface area contributed by atoms with Crippen LogP contribution in [0.25, 0.3) is 0 Å². The number of aliphatic imine (C=N–C) groups is 2. The Bertz CT molecular complexity index is 817. The standard InChI is InChI=1S/C20H24N4O/c1-3-14-9-19(7-6-17(14)25)10-15-5-4-13(11-21)8-16(15)20(19)23-12(2)18(22)24-20/h4-5,8,14,17,25H,3,6-7,9-10H2,1-2H3,(H2,22,24)/t14-,17-,19-,20+/m1/s1. The monoisotopic (exact) mass is 336 g/mol. The molecule has 0 aromatic heterocycles. The summed E-state index contributed by atoms with van der Waals surface area (Å²) in [5.74, 6) is 0.747. The summed E-state index contributed by atoms with van der Waals surface area (Å²) in [5, 5.41) is 19.7. The minimum absolute atomic E-state index is 0.161. The zero-order chi connectivity index (χ0) is 17.8. The van der Waals surface area contributed by atoms with E-state index in [1.54, 1.807) is 0 Å². The lowest BCUT2D eigenvalue weighted by Crippen LogP contribution is -2.46. The summed E-state index contributed by atoms with van der Waals surface area (Å²) in [4.78, 5) is 9.87. The van der Waals surface area contributed by atoms with Crippen LogP contribution in [0.2, 0.25) is 0 Å². The van der Waals surface area contributed by atoms with Gasteiger partial charge in [0, 0.05) is 11.0 Å². The van der Waals surface area contributed by atoms with Gasteiger partial charge in [-0.2, -0.15) is 5.26 Å². The van der Waals surface area contributed by atoms with Crippen molar-refractivity contribution in [2.75, 3.05) is 0 Å². The van der Waals surface area contributed by atoms with E-state index in [4.69, 9.17) is 15.7 Å². The Morgan fingerprint density at radius 3 is 2.84 bits per heavy atom. The highest BCUT2D eigenvalue weighted by Gasteiger charge is 2.61. The number of hydrogen-bond acceptors (Lipinski definition) is 5. The quantitative estimate of drug-likeness (QED) is 0.825. The molecule has 4 rings (SSSR count). The minimum Gasteiger partial charge on any atom is -0.393 e. The van der Waals surface area contributed by atoms with Gasteiger partial charge in [0.2, 0.25) is 0 Å². The molecule has 130 valence electrons. The average molecular weight is 336 g/mol. The third-order valence-electron chi connectivity index (χ3n) is 6.51. The summed E-state index contributed by atoms with van der Waals surface area (Å²) in [7, 11) is 0. The number of fused-ring (bicyclic) bond motifs is 3. The summed E-state index contributed by atoms with van der Waals surface area (Å²) >= 11 is 0. The van der Waals surface area contributed by atoms with Crippen molar-refractivity contribution >= 4 is 11.5 Å². The summed E-state index contributed by atoms with van der Waals surface area (Å²) in [5.41, 5.74) is 8.90. The molecule has 1 aromatic carbocycles. The normalized spacial score (nSPS) is 36.2. The molecule has 1 aromatic rings. The zero-order valence-corrected chi connectivity index (χ0v) is 14.8. The van der Waals surface area contributed by atoms with Gasteiger partial charge in [-0.25, -0.2) is 4.99 Å². The van der Waals surface area contributed by atoms with Crippen molar-refractivity contribution in [3.8, 4) is 6.07 Å². The molecule has 1 heterocycles. The van der Waals surface area contributed by atoms with Crippen LogP contribution in [0.15, 0.2) is 28.2 Å². The van der Waals surface area contributed by atoms with Gasteiger partial charge in [0.1, 0.15) is 5.84 Å². The number of benzene rings is 1. The average Bonchev–Trinajstić information content (AvgIpc) is 3.05. The van der Waals surface area contributed by atoms with Gasteiger partial charge in [-0.3, -0.25) is 4.99 Å². The highest BCUT2D eigenvalue weighted by atomic mass is 16.3. The van der Waals surface area contributed by atoms with Crippen molar-refractivity contribution in [2.24, 2.45) is 27.1 Å². The number of amidine groups is 1. The third-order valence-corrected chi connectivity index (χ3v) is 6.51. The number of rotatable bonds is 1. The minimum atomic E-state index is -0.725. The third kappa shape index (κ3) is 2.10. The molecule has 5 nitrogen and oxygen atoms in total. The predicted octanol–water partition coefficient (Wildman–Crippen LogP) is 2.66. The van der Waals surface area contributed by atoms with Crippen LogP contribution in [0, 0.1) is 22.7 Å². The van der Waals surface area contributed by atoms with E-state index < -0.39 is 5.66 Å². The van der Waals surface area contributed by atoms with Gasteiger partial charge in [0.25, 0.3) is 0 Å². The number of nitriles is 1. The molecule has 2 aliphatic carbocycles. The molecule has 1 aliphatic heterocycles. The van der Waals surface area contributed by atoms with E-state index in [1.807, 2.05) is 25.1 Å². The Morgan fingerprint density at radius 1 is 1.40 bits per heavy atom. The molecule has 3 N–H and O–H groups in total. The highest BCUT2D eigenvalue weighted by molar-refractivity contribution is 6.41. The fourth-order valence-corrected chi connectivity index (χ4v) is 5.13. The molecule has 0 saturated heterocycles. The number of aliphatic hydroxyl groups excluding tert-OH is 1. The largest absolute Gasteiger partial charge is 0.393 e. The second-order valence-electron chi connectivity index (χ2n) is 7.79. The van der Waals surface area contributed by atoms with E-state index in [0.29, 0.717) is 11.4 Å². The molecule has 0 bridgehead atoms. The second kappa shape index (κ2) is 5.40. The van der Waals surface area contributed by atoms with E-state index in [1.165, 1.54) is 5.56 Å². The Hall–Kier alpha value is -2.19. The molecule has 3 aliphatic rings. The number of aliphatic hydroxyl groups is 1. The molecule has 4 atom stereocenters. The van der Waals surface area contributed by atoms with Gasteiger partial charge in [0.05, 0.1) is 23.4 Å². The van der Waals surface area contributed by atoms with Crippen LogP contribution in [-0.4, -0.2) is 22.8 Å². The van der Waals surface area contributed by atoms with Crippen molar-refractivity contribution in [3.63, 3.8) is 0 Å². The summed E-state index contributed by atoms with van der Waals surface area (Å²) < 4.78 is 0. The Morgan fingerprint density at radius 2 is 2.20 bits per heavy atom. The molecule has 1 fully saturated rings. The lowest BCUT2D eigenvalue weighted by molar-refractivity contribution is -0.0238. The van der Waals surface area contributed by atoms with E-state index in [-0.39, 0.29) is 17.4 Å². The predicted molar refractivity (Wildman–Crippen MR) is 97.3 cm³/mol. The second-order valence-corrected chi connectivity index (χ2v) is 7.79. The van der Waals surface area contributed by atoms with Gasteiger partial charge < -0.3 is 10.8 Å². The SMILES string of the molecule is CC[C@@H]1C[C@]2(CC[C@H]1O)Cc1ccc(C#N)cc1[C@@]21N=C(C)C(N)=N1. The van der Waals surface area contributed by atoms with Gasteiger partial charge in [-0.1, -0.05) is 19.4 Å². The molecular formula is C20H24N4O. The van der Waals surface area contributed by atoms with Gasteiger partial charge in [0.15, 0.2) is 5.66 Å². The van der Waals surface area contributed by atoms with Gasteiger partial charge in [-0.15, -0.1) is 0 Å². The first-order valence-corrected chi connectivity index (χ1v) is 9.08. The van der Waals surface area contributed by atoms with Crippen LogP contribution >= 0.6 is 0 Å². The van der Waals surface area contributed by atoms with Crippen LogP contribution in [0.3, 0.4) is 0 Å². The summed E-state index contributed by atoms with van der Waals surface area (Å²) in [6.45, 7) is 4.04. The number of nitrogens with zero attached hydrogens (tertiary/aromatic N) is 3. The first-order chi connectivity index (χ1) is 11.9. The lowest BCUT2D eigenvalue weighted by Gasteiger charge is -2.47. The van der Waals surface area contributed by atoms with E-state index in [2.05, 4.69) is 13.0 Å². The number of hydrogen-bond donors (Lipinski definition) is 2. The van der Waals surface area contributed by atoms with Crippen LogP contribution in [0.1, 0.15) is 56.2 Å². The molecule has 25 heavy (non-hydrogen) atoms. The maximum atomic E-state index is 10.4. The summed E-state index contributed by atoms with van der Waals surface area (Å²) in [6, 6.07) is 8.10. The molecule has 2 spiro atoms. The Balaban J connectivity index is 1.91. The summed E-state index contributed by atoms with van der Waals surface area (Å²) in [6.07, 6.45) is 4.09. The fraction of sp³-hybridized carbons (Fsp3) is 0.550. The Kier molecular flexibility index (Phi) is 3.52. The highest BCUT2D eigenvalue weighted by Crippen LogP contribution is 2.62. The van der Waals surface area contributed by atoms with Gasteiger partial charge >= 0.3 is 0 Å². The maximum absolute atomic E-state index is 10.4. The first-order valence-electron chi connectivity index (χ1n) is 9.08. The van der Waals surface area contributed by atoms with Crippen molar-refractivity contribution in [3.05, 3.63) is 34.9 Å². The van der Waals surface area contributed by atoms with Crippen LogP contribution < -0.4 is 5.73 Å². The molecule has 0 unspecified atom stereocenters. The van der Waals surface area contributed by atoms with Crippen LogP contribution in [-0.2, 0) is 12.1 Å².